The highest BCUT2D eigenvalue weighted by atomic mass is 16.6. The average Bonchev–Trinajstić information content (AvgIpc) is 3.79. The lowest BCUT2D eigenvalue weighted by Crippen LogP contribution is -2.60. The van der Waals surface area contributed by atoms with Crippen LogP contribution in [0.1, 0.15) is 112 Å². The Hall–Kier alpha value is -5.75. The van der Waals surface area contributed by atoms with E-state index in [-0.39, 0.29) is 25.4 Å². The Morgan fingerprint density at radius 3 is 2.01 bits per heavy atom. The molecule has 0 saturated carbocycles. The minimum absolute atomic E-state index is 0.0238. The average molecular weight is 981 g/mol. The SMILES string of the molecule is CC[C@H](C)[C@@H](NC(=O)[C@@H](NC(=O)OC(C)(C)C)[C@@H](C)OC(=O)[C@H](Cc1ccc(OC)cc1)N(C)C)[C@@H](O)CC(=O)N[C@H](C(=O)N[C@@H](CC(C)C)C(=O)N1CCC[C@H]1C(=O)OCc1ccccc1)C(C)C. The van der Waals surface area contributed by atoms with Gasteiger partial charge < -0.3 is 50.2 Å². The molecule has 0 radical (unpaired) electrons. The van der Waals surface area contributed by atoms with Crippen LogP contribution in [0, 0.1) is 17.8 Å². The van der Waals surface area contributed by atoms with Crippen LogP contribution in [-0.4, -0.2) is 138 Å². The molecule has 18 heteroatoms. The van der Waals surface area contributed by atoms with Gasteiger partial charge in [0.1, 0.15) is 54.3 Å². The zero-order valence-corrected chi connectivity index (χ0v) is 43.5. The van der Waals surface area contributed by atoms with Gasteiger partial charge in [-0.2, -0.15) is 0 Å². The van der Waals surface area contributed by atoms with Crippen molar-refractivity contribution in [2.24, 2.45) is 17.8 Å². The summed E-state index contributed by atoms with van der Waals surface area (Å²) in [6.07, 6.45) is -2.21. The van der Waals surface area contributed by atoms with Gasteiger partial charge >= 0.3 is 18.0 Å². The van der Waals surface area contributed by atoms with Crippen molar-refractivity contribution in [3.05, 3.63) is 65.7 Å². The highest BCUT2D eigenvalue weighted by molar-refractivity contribution is 5.94. The van der Waals surface area contributed by atoms with E-state index in [9.17, 15) is 38.7 Å². The van der Waals surface area contributed by atoms with E-state index in [1.165, 1.54) is 11.8 Å². The molecule has 1 aliphatic heterocycles. The molecular weight excluding hydrogens is 901 g/mol. The van der Waals surface area contributed by atoms with E-state index in [0.717, 1.165) is 11.1 Å². The fraction of sp³-hybridized carbons (Fsp3) is 0.635. The lowest BCUT2D eigenvalue weighted by Gasteiger charge is -2.33. The van der Waals surface area contributed by atoms with Crippen LogP contribution in [0.25, 0.3) is 0 Å². The van der Waals surface area contributed by atoms with E-state index < -0.39 is 114 Å². The zero-order valence-electron chi connectivity index (χ0n) is 43.5. The number of carbonyl (C=O) groups is 7. The molecule has 0 bridgehead atoms. The Balaban J connectivity index is 1.77. The van der Waals surface area contributed by atoms with Crippen molar-refractivity contribution in [1.82, 2.24) is 31.1 Å². The van der Waals surface area contributed by atoms with E-state index in [2.05, 4.69) is 21.3 Å². The third-order valence-electron chi connectivity index (χ3n) is 12.2. The molecule has 0 aromatic heterocycles. The highest BCUT2D eigenvalue weighted by Gasteiger charge is 2.41. The molecule has 0 aliphatic carbocycles. The van der Waals surface area contributed by atoms with E-state index in [0.29, 0.717) is 31.6 Å². The molecule has 2 aromatic carbocycles. The van der Waals surface area contributed by atoms with Crippen molar-refractivity contribution in [2.75, 3.05) is 27.7 Å². The molecule has 3 rings (SSSR count). The molecule has 0 unspecified atom stereocenters. The summed E-state index contributed by atoms with van der Waals surface area (Å²) in [5.74, 6) is -3.97. The number of esters is 2. The van der Waals surface area contributed by atoms with Crippen LogP contribution in [0.5, 0.6) is 5.75 Å². The van der Waals surface area contributed by atoms with Crippen LogP contribution in [0.2, 0.25) is 0 Å². The number of likely N-dealkylation sites (tertiary alicyclic amines) is 1. The van der Waals surface area contributed by atoms with Gasteiger partial charge in [0.05, 0.1) is 25.7 Å². The summed E-state index contributed by atoms with van der Waals surface area (Å²) >= 11 is 0. The fourth-order valence-corrected chi connectivity index (χ4v) is 8.09. The molecule has 0 spiro atoms. The van der Waals surface area contributed by atoms with Crippen molar-refractivity contribution in [1.29, 1.82) is 0 Å². The van der Waals surface area contributed by atoms with Crippen LogP contribution in [0.4, 0.5) is 4.79 Å². The number of amides is 5. The van der Waals surface area contributed by atoms with Crippen molar-refractivity contribution >= 4 is 41.7 Å². The quantitative estimate of drug-likeness (QED) is 0.0673. The van der Waals surface area contributed by atoms with Crippen LogP contribution >= 0.6 is 0 Å². The fourth-order valence-electron chi connectivity index (χ4n) is 8.09. The molecule has 5 N–H and O–H groups in total. The molecular formula is C52H80N6O12. The van der Waals surface area contributed by atoms with Crippen molar-refractivity contribution < 1.29 is 57.6 Å². The highest BCUT2D eigenvalue weighted by Crippen LogP contribution is 2.23. The molecule has 1 fully saturated rings. The van der Waals surface area contributed by atoms with Gasteiger partial charge in [-0.1, -0.05) is 90.4 Å². The second kappa shape index (κ2) is 27.6. The number of aliphatic hydroxyl groups is 1. The van der Waals surface area contributed by atoms with E-state index in [4.69, 9.17) is 18.9 Å². The van der Waals surface area contributed by atoms with Gasteiger partial charge in [-0.25, -0.2) is 9.59 Å². The third-order valence-corrected chi connectivity index (χ3v) is 12.2. The third kappa shape index (κ3) is 18.5. The molecule has 5 amide bonds. The summed E-state index contributed by atoms with van der Waals surface area (Å²) in [5, 5.41) is 22.6. The summed E-state index contributed by atoms with van der Waals surface area (Å²) in [5.41, 5.74) is 0.706. The minimum atomic E-state index is -1.50. The van der Waals surface area contributed by atoms with E-state index >= 15 is 0 Å². The number of nitrogens with one attached hydrogen (secondary N) is 4. The number of hydrogen-bond donors (Lipinski definition) is 5. The number of benzene rings is 2. The van der Waals surface area contributed by atoms with Crippen molar-refractivity contribution in [3.63, 3.8) is 0 Å². The summed E-state index contributed by atoms with van der Waals surface area (Å²) in [7, 11) is 5.00. The Bertz CT molecular complexity index is 2020. The molecule has 1 heterocycles. The molecule has 9 atom stereocenters. The Morgan fingerprint density at radius 1 is 0.829 bits per heavy atom. The minimum Gasteiger partial charge on any atom is -0.497 e. The first-order valence-electron chi connectivity index (χ1n) is 24.4. The molecule has 1 saturated heterocycles. The Morgan fingerprint density at radius 2 is 1.46 bits per heavy atom. The van der Waals surface area contributed by atoms with Crippen molar-refractivity contribution in [3.8, 4) is 5.75 Å². The monoisotopic (exact) mass is 981 g/mol. The maximum Gasteiger partial charge on any atom is 0.408 e. The van der Waals surface area contributed by atoms with Gasteiger partial charge in [-0.3, -0.25) is 28.9 Å². The number of alkyl carbamates (subject to hydrolysis) is 1. The van der Waals surface area contributed by atoms with Crippen LogP contribution < -0.4 is 26.0 Å². The lowest BCUT2D eigenvalue weighted by atomic mass is 9.91. The van der Waals surface area contributed by atoms with Gasteiger partial charge in [0, 0.05) is 6.54 Å². The molecule has 1 aliphatic rings. The topological polar surface area (TPSA) is 231 Å². The van der Waals surface area contributed by atoms with Gasteiger partial charge in [0.25, 0.3) is 0 Å². The smallest absolute Gasteiger partial charge is 0.408 e. The summed E-state index contributed by atoms with van der Waals surface area (Å²) in [6, 6.07) is 10.2. The summed E-state index contributed by atoms with van der Waals surface area (Å²) in [6.45, 7) is 17.7. The first-order chi connectivity index (χ1) is 32.8. The van der Waals surface area contributed by atoms with E-state index in [1.807, 2.05) is 63.2 Å². The van der Waals surface area contributed by atoms with Crippen LogP contribution in [0.3, 0.4) is 0 Å². The molecule has 18 nitrogen and oxygen atoms in total. The van der Waals surface area contributed by atoms with Crippen molar-refractivity contribution in [2.45, 2.75) is 168 Å². The van der Waals surface area contributed by atoms with Gasteiger partial charge in [-0.15, -0.1) is 0 Å². The number of methoxy groups -OCH3 is 1. The number of ether oxygens (including phenoxy) is 4. The first kappa shape index (κ1) is 58.6. The standard InChI is InChI=1S/C52H80N6O12/c1-14-33(6)44(55-47(62)45(56-51(66)70-52(8,9)10)34(7)69-50(65)40(57(11)12)28-35-22-24-37(67-13)25-23-35)41(59)29-42(60)54-43(32(4)5)46(61)53-38(27-31(2)3)48(63)58-26-18-21-39(58)49(64)68-30-36-19-16-15-17-20-36/h15-17,19-20,22-25,31-34,38-41,43-45,59H,14,18,21,26-30H2,1-13H3,(H,53,61)(H,54,60)(H,55,62)(H,56,66)/t33-,34+,38-,39-,40-,41-,43-,44+,45-/m0/s1. The predicted molar refractivity (Wildman–Crippen MR) is 264 cm³/mol. The second-order valence-corrected chi connectivity index (χ2v) is 20.3. The zero-order chi connectivity index (χ0) is 52.5. The molecule has 70 heavy (non-hydrogen) atoms. The van der Waals surface area contributed by atoms with Crippen LogP contribution in [0.15, 0.2) is 54.6 Å². The number of likely N-dealkylation sites (N-methyl/N-ethyl adjacent to an activating group) is 1. The van der Waals surface area contributed by atoms with Gasteiger partial charge in [0.2, 0.25) is 23.6 Å². The Kier molecular flexibility index (Phi) is 23.1. The first-order valence-corrected chi connectivity index (χ1v) is 24.4. The number of hydrogen-bond acceptors (Lipinski definition) is 13. The Labute approximate surface area is 414 Å². The maximum atomic E-state index is 14.3. The summed E-state index contributed by atoms with van der Waals surface area (Å²) < 4.78 is 22.2. The van der Waals surface area contributed by atoms with Gasteiger partial charge in [-0.05, 0) is 108 Å². The van der Waals surface area contributed by atoms with Crippen LogP contribution in [-0.2, 0) is 56.0 Å². The lowest BCUT2D eigenvalue weighted by molar-refractivity contribution is -0.156. The summed E-state index contributed by atoms with van der Waals surface area (Å²) in [4.78, 5) is 99.4. The van der Waals surface area contributed by atoms with E-state index in [1.54, 1.807) is 79.8 Å². The number of carbonyl (C=O) groups excluding carboxylic acids is 7. The number of aliphatic hydroxyl groups excluding tert-OH is 1. The number of rotatable bonds is 25. The normalized spacial score (nSPS) is 17.3. The van der Waals surface area contributed by atoms with Gasteiger partial charge in [0.15, 0.2) is 0 Å². The number of nitrogens with zero attached hydrogens (tertiary/aromatic N) is 2. The second-order valence-electron chi connectivity index (χ2n) is 20.3. The largest absolute Gasteiger partial charge is 0.497 e. The predicted octanol–water partition coefficient (Wildman–Crippen LogP) is 4.68. The molecule has 2 aromatic rings. The maximum absolute atomic E-state index is 14.3. The molecule has 390 valence electrons.